The number of nitrogens with zero attached hydrogens (tertiary/aromatic N) is 1. The van der Waals surface area contributed by atoms with Crippen LogP contribution < -0.4 is 0 Å². The highest BCUT2D eigenvalue weighted by Crippen LogP contribution is 2.43. The van der Waals surface area contributed by atoms with Crippen LogP contribution >= 0.6 is 0 Å². The molecule has 0 unspecified atom stereocenters. The molecule has 0 radical (unpaired) electrons. The maximum absolute atomic E-state index is 13.4. The van der Waals surface area contributed by atoms with E-state index in [1.807, 2.05) is 60.7 Å². The van der Waals surface area contributed by atoms with Crippen LogP contribution in [0.25, 0.3) is 0 Å². The van der Waals surface area contributed by atoms with Crippen molar-refractivity contribution in [1.29, 1.82) is 0 Å². The molecule has 0 amide bonds. The Labute approximate surface area is 166 Å². The maximum Gasteiger partial charge on any atom is 0.245 e. The first-order valence-corrected chi connectivity index (χ1v) is 10.9. The van der Waals surface area contributed by atoms with Crippen molar-refractivity contribution in [3.8, 4) is 0 Å². The fraction of sp³-hybridized carbons (Fsp3) is 0.217. The van der Waals surface area contributed by atoms with Crippen molar-refractivity contribution < 1.29 is 13.5 Å². The van der Waals surface area contributed by atoms with E-state index in [4.69, 9.17) is 0 Å². The highest BCUT2D eigenvalue weighted by molar-refractivity contribution is 7.89. The van der Waals surface area contributed by atoms with Crippen LogP contribution in [0.2, 0.25) is 0 Å². The van der Waals surface area contributed by atoms with E-state index in [1.165, 1.54) is 4.31 Å². The molecule has 5 heteroatoms. The van der Waals surface area contributed by atoms with Crippen molar-refractivity contribution in [1.82, 2.24) is 4.31 Å². The second-order valence-corrected chi connectivity index (χ2v) is 9.02. The van der Waals surface area contributed by atoms with Gasteiger partial charge < -0.3 is 5.11 Å². The van der Waals surface area contributed by atoms with Crippen LogP contribution in [0, 0.1) is 5.92 Å². The summed E-state index contributed by atoms with van der Waals surface area (Å²) in [5.41, 5.74) is 1.99. The molecule has 4 nitrogen and oxygen atoms in total. The molecule has 1 fully saturated rings. The molecule has 3 aromatic carbocycles. The average molecular weight is 394 g/mol. The predicted molar refractivity (Wildman–Crippen MR) is 109 cm³/mol. The van der Waals surface area contributed by atoms with Gasteiger partial charge in [0.05, 0.1) is 10.9 Å². The Morgan fingerprint density at radius 2 is 1.36 bits per heavy atom. The van der Waals surface area contributed by atoms with Gasteiger partial charge in [-0.1, -0.05) is 78.9 Å². The third kappa shape index (κ3) is 3.61. The third-order valence-electron chi connectivity index (χ3n) is 5.36. The van der Waals surface area contributed by atoms with Gasteiger partial charge in [-0.2, -0.15) is 4.31 Å². The first kappa shape index (κ1) is 18.9. The fourth-order valence-corrected chi connectivity index (χ4v) is 5.74. The van der Waals surface area contributed by atoms with Gasteiger partial charge in [-0.15, -0.1) is 0 Å². The summed E-state index contributed by atoms with van der Waals surface area (Å²) in [6, 6.07) is 27.4. The zero-order valence-electron chi connectivity index (χ0n) is 15.4. The van der Waals surface area contributed by atoms with E-state index >= 15 is 0 Å². The lowest BCUT2D eigenvalue weighted by Gasteiger charge is -2.27. The lowest BCUT2D eigenvalue weighted by atomic mass is 9.93. The number of sulfonamides is 1. The number of aliphatic hydroxyl groups is 1. The zero-order chi connectivity index (χ0) is 19.6. The summed E-state index contributed by atoms with van der Waals surface area (Å²) < 4.78 is 28.1. The molecule has 3 aromatic rings. The van der Waals surface area contributed by atoms with Crippen LogP contribution in [0.3, 0.4) is 0 Å². The number of aliphatic hydroxyl groups excluding tert-OH is 1. The molecule has 0 spiro atoms. The standard InChI is InChI=1S/C23H23NO3S/c25-23-20(16-18-10-4-1-5-11-18)17-22(19-12-6-2-7-13-19)24(23)28(26,27)21-14-8-3-9-15-21/h1-15,20,22-23,25H,16-17H2/t20-,22+,23+/m1/s1. The number of hydrogen-bond donors (Lipinski definition) is 1. The molecule has 0 saturated carbocycles. The molecule has 28 heavy (non-hydrogen) atoms. The highest BCUT2D eigenvalue weighted by Gasteiger charge is 2.47. The molecule has 0 aromatic heterocycles. The Balaban J connectivity index is 1.72. The Morgan fingerprint density at radius 1 is 0.821 bits per heavy atom. The van der Waals surface area contributed by atoms with Crippen LogP contribution in [0.4, 0.5) is 0 Å². The predicted octanol–water partition coefficient (Wildman–Crippen LogP) is 4.00. The second kappa shape index (κ2) is 7.87. The summed E-state index contributed by atoms with van der Waals surface area (Å²) in [7, 11) is -3.83. The Bertz CT molecular complexity index is 1010. The second-order valence-electron chi connectivity index (χ2n) is 7.17. The molecule has 0 bridgehead atoms. The average Bonchev–Trinajstić information content (AvgIpc) is 3.07. The van der Waals surface area contributed by atoms with Crippen LogP contribution in [-0.2, 0) is 16.4 Å². The molecule has 4 rings (SSSR count). The van der Waals surface area contributed by atoms with Crippen molar-refractivity contribution in [2.75, 3.05) is 0 Å². The van der Waals surface area contributed by atoms with Gasteiger partial charge in [-0.05, 0) is 36.1 Å². The van der Waals surface area contributed by atoms with E-state index in [1.54, 1.807) is 30.3 Å². The van der Waals surface area contributed by atoms with E-state index in [2.05, 4.69) is 0 Å². The van der Waals surface area contributed by atoms with Gasteiger partial charge in [0.15, 0.2) is 0 Å². The maximum atomic E-state index is 13.4. The number of rotatable bonds is 5. The van der Waals surface area contributed by atoms with Crippen molar-refractivity contribution in [3.05, 3.63) is 102 Å². The fourth-order valence-electron chi connectivity index (χ4n) is 3.99. The van der Waals surface area contributed by atoms with E-state index in [-0.39, 0.29) is 10.8 Å². The minimum Gasteiger partial charge on any atom is -0.377 e. The van der Waals surface area contributed by atoms with E-state index < -0.39 is 22.3 Å². The van der Waals surface area contributed by atoms with Gasteiger partial charge in [0.2, 0.25) is 10.0 Å². The van der Waals surface area contributed by atoms with Crippen molar-refractivity contribution >= 4 is 10.0 Å². The van der Waals surface area contributed by atoms with Crippen molar-refractivity contribution in [2.24, 2.45) is 5.92 Å². The summed E-state index contributed by atoms with van der Waals surface area (Å²) in [5.74, 6) is -0.175. The summed E-state index contributed by atoms with van der Waals surface area (Å²) in [4.78, 5) is 0.204. The summed E-state index contributed by atoms with van der Waals surface area (Å²) in [6.07, 6.45) is 0.133. The minimum absolute atomic E-state index is 0.175. The molecule has 0 aliphatic carbocycles. The van der Waals surface area contributed by atoms with Gasteiger partial charge in [-0.25, -0.2) is 8.42 Å². The SMILES string of the molecule is O=S(=O)(c1ccccc1)N1[C@H](c2ccccc2)C[C@@H](Cc2ccccc2)[C@@H]1O. The van der Waals surface area contributed by atoms with Gasteiger partial charge in [-0.3, -0.25) is 0 Å². The van der Waals surface area contributed by atoms with Gasteiger partial charge in [0, 0.05) is 5.92 Å². The van der Waals surface area contributed by atoms with Gasteiger partial charge >= 0.3 is 0 Å². The lowest BCUT2D eigenvalue weighted by molar-refractivity contribution is 0.0471. The largest absolute Gasteiger partial charge is 0.377 e. The van der Waals surface area contributed by atoms with E-state index in [0.29, 0.717) is 12.8 Å². The molecular formula is C23H23NO3S. The Kier molecular flexibility index (Phi) is 5.31. The Morgan fingerprint density at radius 3 is 1.96 bits per heavy atom. The summed E-state index contributed by atoms with van der Waals surface area (Å²) >= 11 is 0. The molecule has 1 saturated heterocycles. The molecule has 144 valence electrons. The minimum atomic E-state index is -3.83. The van der Waals surface area contributed by atoms with Crippen LogP contribution in [-0.4, -0.2) is 24.1 Å². The van der Waals surface area contributed by atoms with Crippen LogP contribution in [0.15, 0.2) is 95.9 Å². The molecule has 1 heterocycles. The highest BCUT2D eigenvalue weighted by atomic mass is 32.2. The number of hydrogen-bond acceptors (Lipinski definition) is 3. The smallest absolute Gasteiger partial charge is 0.245 e. The molecule has 1 aliphatic heterocycles. The quantitative estimate of drug-likeness (QED) is 0.713. The molecule has 3 atom stereocenters. The van der Waals surface area contributed by atoms with Crippen molar-refractivity contribution in [3.63, 3.8) is 0 Å². The topological polar surface area (TPSA) is 57.6 Å². The lowest BCUT2D eigenvalue weighted by Crippen LogP contribution is -2.39. The molecule has 1 N–H and O–H groups in total. The van der Waals surface area contributed by atoms with Crippen LogP contribution in [0.5, 0.6) is 0 Å². The zero-order valence-corrected chi connectivity index (χ0v) is 16.2. The van der Waals surface area contributed by atoms with E-state index in [0.717, 1.165) is 11.1 Å². The van der Waals surface area contributed by atoms with Gasteiger partial charge in [0.25, 0.3) is 0 Å². The van der Waals surface area contributed by atoms with Gasteiger partial charge in [0.1, 0.15) is 6.23 Å². The monoisotopic (exact) mass is 393 g/mol. The summed E-state index contributed by atoms with van der Waals surface area (Å²) in [5, 5.41) is 11.1. The molecule has 1 aliphatic rings. The third-order valence-corrected chi connectivity index (χ3v) is 7.25. The normalized spacial score (nSPS) is 23.0. The first-order valence-electron chi connectivity index (χ1n) is 9.43. The van der Waals surface area contributed by atoms with E-state index in [9.17, 15) is 13.5 Å². The first-order chi connectivity index (χ1) is 13.6. The van der Waals surface area contributed by atoms with Crippen LogP contribution in [0.1, 0.15) is 23.6 Å². The summed E-state index contributed by atoms with van der Waals surface area (Å²) in [6.45, 7) is 0. The van der Waals surface area contributed by atoms with Crippen molar-refractivity contribution in [2.45, 2.75) is 30.0 Å². The number of benzene rings is 3. The Hall–Kier alpha value is -2.47. The molecular weight excluding hydrogens is 370 g/mol.